The highest BCUT2D eigenvalue weighted by molar-refractivity contribution is 7.89. The summed E-state index contributed by atoms with van der Waals surface area (Å²) in [6, 6.07) is 13.2. The molecule has 2 heterocycles. The molecule has 2 saturated heterocycles. The molecule has 4 nitrogen and oxygen atoms in total. The monoisotopic (exact) mass is 316 g/mol. The summed E-state index contributed by atoms with van der Waals surface area (Å²) < 4.78 is 27.9. The molecule has 0 saturated carbocycles. The molecule has 0 radical (unpaired) electrons. The highest BCUT2D eigenvalue weighted by atomic mass is 32.2. The molecule has 2 fully saturated rings. The lowest BCUT2D eigenvalue weighted by molar-refractivity contribution is 0.338. The van der Waals surface area contributed by atoms with Crippen molar-refractivity contribution in [3.63, 3.8) is 0 Å². The maximum atomic E-state index is 13.1. The summed E-state index contributed by atoms with van der Waals surface area (Å²) in [7, 11) is -3.42. The molecule has 2 aliphatic heterocycles. The Hall–Kier alpha value is -1.43. The Morgan fingerprint density at radius 1 is 1.05 bits per heavy atom. The van der Waals surface area contributed by atoms with Crippen LogP contribution in [-0.2, 0) is 10.0 Å². The summed E-state index contributed by atoms with van der Waals surface area (Å²) in [4.78, 5) is 0.439. The summed E-state index contributed by atoms with van der Waals surface area (Å²) in [5, 5.41) is 5.16. The number of nitrogens with one attached hydrogen (secondary N) is 1. The Labute approximate surface area is 131 Å². The Kier molecular flexibility index (Phi) is 3.25. The lowest BCUT2D eigenvalue weighted by Crippen LogP contribution is -2.33. The van der Waals surface area contributed by atoms with Gasteiger partial charge >= 0.3 is 0 Å². The molecule has 0 bridgehead atoms. The molecule has 4 rings (SSSR count). The van der Waals surface area contributed by atoms with Crippen LogP contribution < -0.4 is 5.32 Å². The minimum Gasteiger partial charge on any atom is -0.316 e. The standard InChI is InChI=1S/C17H20N2O2S/c20-22(21,19-11-9-17(13-19)8-10-18-12-17)16-7-3-5-14-4-1-2-6-15(14)16/h1-7,18H,8-13H2. The summed E-state index contributed by atoms with van der Waals surface area (Å²) in [5.74, 6) is 0. The quantitative estimate of drug-likeness (QED) is 0.924. The fourth-order valence-corrected chi connectivity index (χ4v) is 5.57. The molecule has 116 valence electrons. The van der Waals surface area contributed by atoms with E-state index in [-0.39, 0.29) is 5.41 Å². The molecule has 2 aromatic carbocycles. The predicted octanol–water partition coefficient (Wildman–Crippen LogP) is 2.21. The van der Waals surface area contributed by atoms with Crippen molar-refractivity contribution in [3.05, 3.63) is 42.5 Å². The lowest BCUT2D eigenvalue weighted by Gasteiger charge is -2.23. The third kappa shape index (κ3) is 2.16. The second-order valence-corrected chi connectivity index (χ2v) is 8.40. The van der Waals surface area contributed by atoms with Crippen LogP contribution in [0.2, 0.25) is 0 Å². The first kappa shape index (κ1) is 14.2. The molecular weight excluding hydrogens is 296 g/mol. The Morgan fingerprint density at radius 3 is 2.68 bits per heavy atom. The van der Waals surface area contributed by atoms with Gasteiger partial charge in [0.2, 0.25) is 10.0 Å². The maximum absolute atomic E-state index is 13.1. The van der Waals surface area contributed by atoms with Crippen molar-refractivity contribution in [1.29, 1.82) is 0 Å². The number of rotatable bonds is 2. The van der Waals surface area contributed by atoms with Crippen LogP contribution in [0.1, 0.15) is 12.8 Å². The van der Waals surface area contributed by atoms with Gasteiger partial charge in [0, 0.05) is 25.0 Å². The third-order valence-electron chi connectivity index (χ3n) is 5.10. The molecule has 1 spiro atoms. The van der Waals surface area contributed by atoms with Crippen LogP contribution in [0, 0.1) is 5.41 Å². The molecule has 5 heteroatoms. The highest BCUT2D eigenvalue weighted by Gasteiger charge is 2.44. The molecule has 1 unspecified atom stereocenters. The minimum absolute atomic E-state index is 0.150. The van der Waals surface area contributed by atoms with E-state index in [9.17, 15) is 8.42 Å². The Balaban J connectivity index is 1.74. The number of hydrogen-bond acceptors (Lipinski definition) is 3. The van der Waals surface area contributed by atoms with E-state index in [1.54, 1.807) is 10.4 Å². The van der Waals surface area contributed by atoms with Gasteiger partial charge in [0.15, 0.2) is 0 Å². The predicted molar refractivity (Wildman–Crippen MR) is 87.2 cm³/mol. The molecule has 1 atom stereocenters. The smallest absolute Gasteiger partial charge is 0.243 e. The molecule has 0 aliphatic carbocycles. The molecule has 0 amide bonds. The zero-order valence-corrected chi connectivity index (χ0v) is 13.3. The lowest BCUT2D eigenvalue weighted by atomic mass is 9.87. The van der Waals surface area contributed by atoms with Crippen molar-refractivity contribution in [2.24, 2.45) is 5.41 Å². The van der Waals surface area contributed by atoms with Gasteiger partial charge in [-0.15, -0.1) is 0 Å². The van der Waals surface area contributed by atoms with E-state index >= 15 is 0 Å². The average molecular weight is 316 g/mol. The van der Waals surface area contributed by atoms with Crippen LogP contribution in [0.5, 0.6) is 0 Å². The van der Waals surface area contributed by atoms with Gasteiger partial charge < -0.3 is 5.32 Å². The third-order valence-corrected chi connectivity index (χ3v) is 7.01. The normalized spacial score (nSPS) is 26.2. The molecule has 2 aliphatic rings. The van der Waals surface area contributed by atoms with Crippen molar-refractivity contribution in [2.45, 2.75) is 17.7 Å². The summed E-state index contributed by atoms with van der Waals surface area (Å²) >= 11 is 0. The number of nitrogens with zero attached hydrogens (tertiary/aromatic N) is 1. The summed E-state index contributed by atoms with van der Waals surface area (Å²) in [6.45, 7) is 3.22. The molecule has 22 heavy (non-hydrogen) atoms. The first-order valence-corrected chi connectivity index (χ1v) is 9.24. The highest BCUT2D eigenvalue weighted by Crippen LogP contribution is 2.39. The topological polar surface area (TPSA) is 49.4 Å². The molecule has 2 aromatic rings. The van der Waals surface area contributed by atoms with Gasteiger partial charge in [0.05, 0.1) is 4.90 Å². The molecular formula is C17H20N2O2S. The van der Waals surface area contributed by atoms with Gasteiger partial charge in [0.1, 0.15) is 0 Å². The van der Waals surface area contributed by atoms with Crippen molar-refractivity contribution < 1.29 is 8.42 Å². The van der Waals surface area contributed by atoms with Gasteiger partial charge in [-0.05, 0) is 36.3 Å². The van der Waals surface area contributed by atoms with E-state index in [1.807, 2.05) is 36.4 Å². The fraction of sp³-hybridized carbons (Fsp3) is 0.412. The number of benzene rings is 2. The first-order chi connectivity index (χ1) is 10.6. The zero-order chi connectivity index (χ0) is 15.2. The number of hydrogen-bond donors (Lipinski definition) is 1. The zero-order valence-electron chi connectivity index (χ0n) is 12.5. The van der Waals surface area contributed by atoms with Gasteiger partial charge in [0.25, 0.3) is 0 Å². The minimum atomic E-state index is -3.42. The summed E-state index contributed by atoms with van der Waals surface area (Å²) in [5.41, 5.74) is 0.150. The van der Waals surface area contributed by atoms with Gasteiger partial charge in [-0.1, -0.05) is 36.4 Å². The van der Waals surface area contributed by atoms with E-state index in [0.717, 1.165) is 36.7 Å². The second kappa shape index (κ2) is 5.05. The van der Waals surface area contributed by atoms with Crippen LogP contribution in [-0.4, -0.2) is 38.9 Å². The van der Waals surface area contributed by atoms with E-state index in [2.05, 4.69) is 5.32 Å². The van der Waals surface area contributed by atoms with Gasteiger partial charge in [-0.25, -0.2) is 8.42 Å². The van der Waals surface area contributed by atoms with Crippen molar-refractivity contribution in [1.82, 2.24) is 9.62 Å². The molecule has 1 N–H and O–H groups in total. The van der Waals surface area contributed by atoms with E-state index in [4.69, 9.17) is 0 Å². The molecule has 0 aromatic heterocycles. The van der Waals surface area contributed by atoms with Crippen molar-refractivity contribution in [3.8, 4) is 0 Å². The number of fused-ring (bicyclic) bond motifs is 1. The van der Waals surface area contributed by atoms with E-state index in [0.29, 0.717) is 18.0 Å². The van der Waals surface area contributed by atoms with Crippen LogP contribution in [0.25, 0.3) is 10.8 Å². The largest absolute Gasteiger partial charge is 0.316 e. The number of sulfonamides is 1. The summed E-state index contributed by atoms with van der Waals surface area (Å²) in [6.07, 6.45) is 2.04. The van der Waals surface area contributed by atoms with Crippen molar-refractivity contribution in [2.75, 3.05) is 26.2 Å². The van der Waals surface area contributed by atoms with E-state index in [1.165, 1.54) is 0 Å². The van der Waals surface area contributed by atoms with E-state index < -0.39 is 10.0 Å². The Bertz CT molecular complexity index is 805. The fourth-order valence-electron chi connectivity index (χ4n) is 3.80. The van der Waals surface area contributed by atoms with Crippen LogP contribution in [0.4, 0.5) is 0 Å². The van der Waals surface area contributed by atoms with Gasteiger partial charge in [-0.3, -0.25) is 0 Å². The van der Waals surface area contributed by atoms with Crippen LogP contribution >= 0.6 is 0 Å². The SMILES string of the molecule is O=S(=O)(c1cccc2ccccc12)N1CCC2(CCNC2)C1. The Morgan fingerprint density at radius 2 is 1.86 bits per heavy atom. The van der Waals surface area contributed by atoms with Crippen molar-refractivity contribution >= 4 is 20.8 Å². The van der Waals surface area contributed by atoms with Crippen LogP contribution in [0.15, 0.2) is 47.4 Å². The van der Waals surface area contributed by atoms with Gasteiger partial charge in [-0.2, -0.15) is 4.31 Å². The maximum Gasteiger partial charge on any atom is 0.243 e. The second-order valence-electron chi connectivity index (χ2n) is 6.49. The first-order valence-electron chi connectivity index (χ1n) is 7.80. The average Bonchev–Trinajstić information content (AvgIpc) is 3.17. The van der Waals surface area contributed by atoms with Crippen LogP contribution in [0.3, 0.4) is 0 Å².